The lowest BCUT2D eigenvalue weighted by Gasteiger charge is -2.05. The van der Waals surface area contributed by atoms with Crippen molar-refractivity contribution in [2.45, 2.75) is 6.43 Å². The number of carbonyl (C=O) groups is 1. The van der Waals surface area contributed by atoms with Gasteiger partial charge in [-0.25, -0.2) is 13.8 Å². The molecule has 70 valence electrons. The summed E-state index contributed by atoms with van der Waals surface area (Å²) in [6.45, 7) is 0. The Bertz CT molecular complexity index is 344. The maximum atomic E-state index is 12.3. The van der Waals surface area contributed by atoms with Gasteiger partial charge in [-0.15, -0.1) is 0 Å². The van der Waals surface area contributed by atoms with Crippen LogP contribution in [0.15, 0.2) is 6.07 Å². The first kappa shape index (κ1) is 10.3. The second-order valence-corrected chi connectivity index (χ2v) is 3.36. The predicted molar refractivity (Wildman–Crippen MR) is 51.7 cm³/mol. The zero-order valence-electron chi connectivity index (χ0n) is 6.30. The van der Waals surface area contributed by atoms with Crippen LogP contribution in [0, 0.1) is 3.70 Å². The molecule has 0 spiro atoms. The molecule has 0 saturated heterocycles. The van der Waals surface area contributed by atoms with Crippen LogP contribution in [-0.2, 0) is 0 Å². The molecular formula is C7H5F2IN2O. The number of anilines is 1. The standard InChI is InChI=1S/C7H5F2IN2O/c8-7(9)6-5(11)3(2-13)1-4(10)12-6/h1-2,7H,11H2. The Morgan fingerprint density at radius 2 is 2.23 bits per heavy atom. The Morgan fingerprint density at radius 3 is 2.69 bits per heavy atom. The number of hydrogen-bond donors (Lipinski definition) is 1. The van der Waals surface area contributed by atoms with E-state index in [0.29, 0.717) is 9.99 Å². The van der Waals surface area contributed by atoms with Gasteiger partial charge in [-0.05, 0) is 28.7 Å². The third kappa shape index (κ3) is 2.11. The first-order chi connectivity index (χ1) is 6.06. The molecule has 0 unspecified atom stereocenters. The molecule has 1 rings (SSSR count). The van der Waals surface area contributed by atoms with Crippen molar-refractivity contribution in [1.29, 1.82) is 0 Å². The largest absolute Gasteiger partial charge is 0.396 e. The summed E-state index contributed by atoms with van der Waals surface area (Å²) < 4.78 is 24.8. The Hall–Kier alpha value is -0.790. The number of nitrogens with zero attached hydrogens (tertiary/aromatic N) is 1. The van der Waals surface area contributed by atoms with Gasteiger partial charge >= 0.3 is 0 Å². The molecule has 0 aliphatic carbocycles. The quantitative estimate of drug-likeness (QED) is 0.516. The number of hydrogen-bond acceptors (Lipinski definition) is 3. The smallest absolute Gasteiger partial charge is 0.282 e. The third-order valence-corrected chi connectivity index (χ3v) is 1.98. The number of pyridine rings is 1. The van der Waals surface area contributed by atoms with E-state index in [2.05, 4.69) is 4.98 Å². The molecule has 1 heterocycles. The molecule has 0 amide bonds. The van der Waals surface area contributed by atoms with Gasteiger partial charge in [0.15, 0.2) is 6.29 Å². The number of aldehydes is 1. The van der Waals surface area contributed by atoms with Crippen LogP contribution in [0.25, 0.3) is 0 Å². The van der Waals surface area contributed by atoms with Crippen LogP contribution < -0.4 is 5.73 Å². The molecule has 0 aliphatic rings. The topological polar surface area (TPSA) is 56.0 Å². The molecule has 0 atom stereocenters. The molecule has 2 N–H and O–H groups in total. The fourth-order valence-corrected chi connectivity index (χ4v) is 1.42. The highest BCUT2D eigenvalue weighted by Crippen LogP contribution is 2.26. The van der Waals surface area contributed by atoms with Gasteiger partial charge in [0.2, 0.25) is 0 Å². The van der Waals surface area contributed by atoms with E-state index in [4.69, 9.17) is 5.73 Å². The SMILES string of the molecule is Nc1c(C=O)cc(I)nc1C(F)F. The molecule has 3 nitrogen and oxygen atoms in total. The van der Waals surface area contributed by atoms with Gasteiger partial charge in [-0.3, -0.25) is 4.79 Å². The number of carbonyl (C=O) groups excluding carboxylic acids is 1. The normalized spacial score (nSPS) is 10.5. The molecule has 0 radical (unpaired) electrons. The minimum Gasteiger partial charge on any atom is -0.396 e. The second-order valence-electron chi connectivity index (χ2n) is 2.25. The predicted octanol–water partition coefficient (Wildman–Crippen LogP) is 2.02. The van der Waals surface area contributed by atoms with Crippen LogP contribution in [0.5, 0.6) is 0 Å². The number of rotatable bonds is 2. The highest BCUT2D eigenvalue weighted by Gasteiger charge is 2.16. The van der Waals surface area contributed by atoms with E-state index in [1.165, 1.54) is 6.07 Å². The van der Waals surface area contributed by atoms with Gasteiger partial charge in [0.25, 0.3) is 6.43 Å². The monoisotopic (exact) mass is 298 g/mol. The van der Waals surface area contributed by atoms with Crippen LogP contribution >= 0.6 is 22.6 Å². The summed E-state index contributed by atoms with van der Waals surface area (Å²) in [7, 11) is 0. The lowest BCUT2D eigenvalue weighted by atomic mass is 10.2. The third-order valence-electron chi connectivity index (χ3n) is 1.42. The fraction of sp³-hybridized carbons (Fsp3) is 0.143. The van der Waals surface area contributed by atoms with Crippen molar-refractivity contribution in [2.24, 2.45) is 0 Å². The summed E-state index contributed by atoms with van der Waals surface area (Å²) in [5.74, 6) is 0. The molecule has 0 saturated carbocycles. The van der Waals surface area contributed by atoms with Crippen molar-refractivity contribution in [3.8, 4) is 0 Å². The van der Waals surface area contributed by atoms with Crippen molar-refractivity contribution in [2.75, 3.05) is 5.73 Å². The summed E-state index contributed by atoms with van der Waals surface area (Å²) in [6, 6.07) is 1.36. The highest BCUT2D eigenvalue weighted by molar-refractivity contribution is 14.1. The molecule has 0 aromatic carbocycles. The van der Waals surface area contributed by atoms with E-state index >= 15 is 0 Å². The Kier molecular flexibility index (Phi) is 3.12. The van der Waals surface area contributed by atoms with Gasteiger partial charge in [-0.2, -0.15) is 0 Å². The average Bonchev–Trinajstić information content (AvgIpc) is 2.08. The molecule has 1 aromatic heterocycles. The Morgan fingerprint density at radius 1 is 1.62 bits per heavy atom. The highest BCUT2D eigenvalue weighted by atomic mass is 127. The van der Waals surface area contributed by atoms with E-state index in [-0.39, 0.29) is 11.3 Å². The van der Waals surface area contributed by atoms with Gasteiger partial charge in [0.05, 0.1) is 5.69 Å². The molecule has 13 heavy (non-hydrogen) atoms. The number of halogens is 3. The van der Waals surface area contributed by atoms with Crippen LogP contribution in [0.1, 0.15) is 22.5 Å². The van der Waals surface area contributed by atoms with Crippen molar-refractivity contribution in [3.05, 3.63) is 21.0 Å². The number of nitrogen functional groups attached to an aromatic ring is 1. The van der Waals surface area contributed by atoms with Crippen molar-refractivity contribution < 1.29 is 13.6 Å². The lowest BCUT2D eigenvalue weighted by Crippen LogP contribution is -2.04. The van der Waals surface area contributed by atoms with Gasteiger partial charge in [-0.1, -0.05) is 0 Å². The van der Waals surface area contributed by atoms with Crippen molar-refractivity contribution in [1.82, 2.24) is 4.98 Å². The van der Waals surface area contributed by atoms with Crippen molar-refractivity contribution >= 4 is 34.6 Å². The first-order valence-electron chi connectivity index (χ1n) is 3.25. The second kappa shape index (κ2) is 3.95. The first-order valence-corrected chi connectivity index (χ1v) is 4.33. The molecular weight excluding hydrogens is 293 g/mol. The van der Waals surface area contributed by atoms with Crippen LogP contribution in [0.3, 0.4) is 0 Å². The summed E-state index contributed by atoms with van der Waals surface area (Å²) in [6.07, 6.45) is -2.32. The number of aromatic nitrogens is 1. The van der Waals surface area contributed by atoms with E-state index < -0.39 is 12.1 Å². The minimum absolute atomic E-state index is 0.0506. The van der Waals surface area contributed by atoms with Gasteiger partial charge in [0, 0.05) is 5.56 Å². The number of nitrogens with two attached hydrogens (primary N) is 1. The Labute approximate surface area is 86.5 Å². The maximum Gasteiger partial charge on any atom is 0.282 e. The van der Waals surface area contributed by atoms with Gasteiger partial charge in [0.1, 0.15) is 9.39 Å². The summed E-state index contributed by atoms with van der Waals surface area (Å²) in [4.78, 5) is 13.9. The molecule has 0 bridgehead atoms. The Balaban J connectivity index is 3.35. The molecule has 0 fully saturated rings. The lowest BCUT2D eigenvalue weighted by molar-refractivity contribution is 0.112. The van der Waals surface area contributed by atoms with E-state index in [1.807, 2.05) is 0 Å². The summed E-state index contributed by atoms with van der Waals surface area (Å²) in [5, 5.41) is 0. The zero-order valence-corrected chi connectivity index (χ0v) is 8.46. The van der Waals surface area contributed by atoms with Crippen LogP contribution in [0.2, 0.25) is 0 Å². The average molecular weight is 298 g/mol. The van der Waals surface area contributed by atoms with Crippen LogP contribution in [-0.4, -0.2) is 11.3 Å². The van der Waals surface area contributed by atoms with E-state index in [0.717, 1.165) is 0 Å². The maximum absolute atomic E-state index is 12.3. The molecule has 1 aromatic rings. The minimum atomic E-state index is -2.76. The van der Waals surface area contributed by atoms with E-state index in [1.54, 1.807) is 22.6 Å². The van der Waals surface area contributed by atoms with Crippen LogP contribution in [0.4, 0.5) is 14.5 Å². The number of alkyl halides is 2. The van der Waals surface area contributed by atoms with Crippen molar-refractivity contribution in [3.63, 3.8) is 0 Å². The molecule has 0 aliphatic heterocycles. The summed E-state index contributed by atoms with van der Waals surface area (Å²) >= 11 is 1.75. The molecule has 6 heteroatoms. The fourth-order valence-electron chi connectivity index (χ4n) is 0.825. The van der Waals surface area contributed by atoms with E-state index in [9.17, 15) is 13.6 Å². The van der Waals surface area contributed by atoms with Gasteiger partial charge < -0.3 is 5.73 Å². The summed E-state index contributed by atoms with van der Waals surface area (Å²) in [5.41, 5.74) is 4.56. The zero-order chi connectivity index (χ0) is 10.0.